The first-order chi connectivity index (χ1) is 26.3. The van der Waals surface area contributed by atoms with E-state index in [1.54, 1.807) is 0 Å². The molecule has 10 nitrogen and oxygen atoms in total. The molecule has 2 aromatic carbocycles. The molecule has 4 atom stereocenters. The summed E-state index contributed by atoms with van der Waals surface area (Å²) in [5.74, 6) is 2.34. The van der Waals surface area contributed by atoms with E-state index in [1.807, 2.05) is 22.2 Å². The van der Waals surface area contributed by atoms with Gasteiger partial charge in [0.2, 0.25) is 11.8 Å². The maximum atomic E-state index is 13.4. The Kier molecular flexibility index (Phi) is 13.4. The molecule has 0 aliphatic carbocycles. The lowest BCUT2D eigenvalue weighted by molar-refractivity contribution is -0.137. The summed E-state index contributed by atoms with van der Waals surface area (Å²) in [4.78, 5) is 52.5. The average Bonchev–Trinajstić information content (AvgIpc) is 4.04. The van der Waals surface area contributed by atoms with Crippen LogP contribution in [0.25, 0.3) is 33.6 Å². The molecule has 0 saturated carbocycles. The summed E-state index contributed by atoms with van der Waals surface area (Å²) < 4.78 is 0. The van der Waals surface area contributed by atoms with Crippen molar-refractivity contribution in [2.45, 2.75) is 117 Å². The Morgan fingerprint density at radius 2 is 0.944 bits per heavy atom. The fourth-order valence-corrected chi connectivity index (χ4v) is 8.64. The number of likely N-dealkylation sites (tertiary alicyclic amines) is 2. The number of nitrogens with one attached hydrogen (secondary N) is 2. The van der Waals surface area contributed by atoms with Crippen LogP contribution in [0.5, 0.6) is 0 Å². The minimum Gasteiger partial charge on any atom is -0.341 e. The van der Waals surface area contributed by atoms with Crippen LogP contribution >= 0.6 is 0 Å². The number of hydrogen-bond acceptors (Lipinski definition) is 6. The van der Waals surface area contributed by atoms with Gasteiger partial charge >= 0.3 is 0 Å². The molecule has 0 bridgehead atoms. The minimum atomic E-state index is -0.166. The molecule has 0 radical (unpaired) electrons. The number of rotatable bonds is 17. The van der Waals surface area contributed by atoms with Gasteiger partial charge < -0.3 is 19.8 Å². The van der Waals surface area contributed by atoms with Crippen LogP contribution in [0.1, 0.15) is 117 Å². The van der Waals surface area contributed by atoms with Gasteiger partial charge in [-0.1, -0.05) is 76.2 Å². The zero-order valence-corrected chi connectivity index (χ0v) is 33.5. The first-order valence-corrected chi connectivity index (χ1v) is 20.7. The van der Waals surface area contributed by atoms with Gasteiger partial charge in [-0.25, -0.2) is 9.97 Å². The average molecular weight is 735 g/mol. The summed E-state index contributed by atoms with van der Waals surface area (Å²) in [5, 5.41) is 0. The van der Waals surface area contributed by atoms with Crippen molar-refractivity contribution in [3.63, 3.8) is 0 Å². The molecule has 2 unspecified atom stereocenters. The third-order valence-corrected chi connectivity index (χ3v) is 11.4. The second-order valence-corrected chi connectivity index (χ2v) is 15.3. The predicted molar refractivity (Wildman–Crippen MR) is 218 cm³/mol. The van der Waals surface area contributed by atoms with Crippen molar-refractivity contribution in [1.29, 1.82) is 0 Å². The highest BCUT2D eigenvalue weighted by molar-refractivity contribution is 5.82. The van der Waals surface area contributed by atoms with Crippen LogP contribution in [-0.2, 0) is 9.59 Å². The van der Waals surface area contributed by atoms with Gasteiger partial charge in [0.1, 0.15) is 11.6 Å². The molecule has 2 aliphatic rings. The molecule has 54 heavy (non-hydrogen) atoms. The van der Waals surface area contributed by atoms with E-state index in [4.69, 9.17) is 9.97 Å². The standard InChI is InChI=1S/C44H62N8O2/c1-7-23-49(24-8-2)43(53)31(5)51-27-11-13-39(51)41-45-29-37(47-41)35-19-15-33(16-20-35)34-17-21-36(22-18-34)38-30-46-42(48-38)40-14-12-28-52(40)32(6)44(54)50(25-9-3)26-10-4/h15-22,29-32,39-40H,7-14,23-28H2,1-6H3,(H,45,47)(H,46,48)/t31-,32-,39?,40?/m1/s1. The Labute approximate surface area is 322 Å². The van der Waals surface area contributed by atoms with Gasteiger partial charge in [0.15, 0.2) is 0 Å². The molecule has 2 N–H and O–H groups in total. The number of carbonyl (C=O) groups is 2. The van der Waals surface area contributed by atoms with Crippen molar-refractivity contribution < 1.29 is 9.59 Å². The van der Waals surface area contributed by atoms with Gasteiger partial charge in [0.05, 0.1) is 47.9 Å². The van der Waals surface area contributed by atoms with Gasteiger partial charge in [-0.2, -0.15) is 0 Å². The number of carbonyl (C=O) groups excluding carboxylic acids is 2. The predicted octanol–water partition coefficient (Wildman–Crippen LogP) is 8.48. The number of H-pyrrole nitrogens is 2. The maximum Gasteiger partial charge on any atom is 0.239 e. The van der Waals surface area contributed by atoms with Gasteiger partial charge in [0, 0.05) is 26.2 Å². The molecule has 0 spiro atoms. The van der Waals surface area contributed by atoms with Crippen molar-refractivity contribution >= 4 is 11.8 Å². The molecule has 2 aromatic heterocycles. The van der Waals surface area contributed by atoms with Crippen molar-refractivity contribution in [2.24, 2.45) is 0 Å². The van der Waals surface area contributed by atoms with Crippen LogP contribution < -0.4 is 0 Å². The van der Waals surface area contributed by atoms with E-state index in [2.05, 4.69) is 110 Å². The highest BCUT2D eigenvalue weighted by Crippen LogP contribution is 2.36. The zero-order valence-electron chi connectivity index (χ0n) is 33.5. The third kappa shape index (κ3) is 8.65. The summed E-state index contributed by atoms with van der Waals surface area (Å²) in [6.45, 7) is 17.7. The zero-order chi connectivity index (χ0) is 38.2. The Morgan fingerprint density at radius 1 is 0.611 bits per heavy atom. The number of amides is 2. The maximum absolute atomic E-state index is 13.4. The van der Waals surface area contributed by atoms with E-state index in [-0.39, 0.29) is 36.0 Å². The molecule has 10 heteroatoms. The number of benzene rings is 2. The van der Waals surface area contributed by atoms with Crippen molar-refractivity contribution in [3.05, 3.63) is 72.6 Å². The van der Waals surface area contributed by atoms with E-state index in [0.29, 0.717) is 0 Å². The summed E-state index contributed by atoms with van der Waals surface area (Å²) in [6.07, 6.45) is 11.9. The van der Waals surface area contributed by atoms with Gasteiger partial charge in [0.25, 0.3) is 0 Å². The van der Waals surface area contributed by atoms with E-state index in [9.17, 15) is 9.59 Å². The second kappa shape index (κ2) is 18.4. The topological polar surface area (TPSA) is 104 Å². The highest BCUT2D eigenvalue weighted by Gasteiger charge is 2.37. The van der Waals surface area contributed by atoms with Gasteiger partial charge in [-0.3, -0.25) is 19.4 Å². The fourth-order valence-electron chi connectivity index (χ4n) is 8.64. The lowest BCUT2D eigenvalue weighted by atomic mass is 10.0. The minimum absolute atomic E-state index is 0.114. The molecule has 4 aromatic rings. The normalized spacial score (nSPS) is 18.9. The Hall–Kier alpha value is -4.28. The summed E-state index contributed by atoms with van der Waals surface area (Å²) >= 11 is 0. The Balaban J connectivity index is 1.09. The summed E-state index contributed by atoms with van der Waals surface area (Å²) in [7, 11) is 0. The van der Waals surface area contributed by atoms with E-state index >= 15 is 0 Å². The van der Waals surface area contributed by atoms with Crippen LogP contribution in [-0.4, -0.2) is 103 Å². The quantitative estimate of drug-likeness (QED) is 0.113. The number of hydrogen-bond donors (Lipinski definition) is 2. The van der Waals surface area contributed by atoms with E-state index < -0.39 is 0 Å². The van der Waals surface area contributed by atoms with E-state index in [1.165, 1.54) is 0 Å². The molecule has 6 rings (SSSR count). The Morgan fingerprint density at radius 3 is 1.28 bits per heavy atom. The van der Waals surface area contributed by atoms with Crippen LogP contribution in [0.15, 0.2) is 60.9 Å². The molecule has 2 amide bonds. The molecule has 2 fully saturated rings. The molecule has 2 saturated heterocycles. The first-order valence-electron chi connectivity index (χ1n) is 20.7. The highest BCUT2D eigenvalue weighted by atomic mass is 16.2. The van der Waals surface area contributed by atoms with Crippen LogP contribution in [0, 0.1) is 0 Å². The van der Waals surface area contributed by atoms with Crippen LogP contribution in [0.4, 0.5) is 0 Å². The van der Waals surface area contributed by atoms with E-state index in [0.717, 1.165) is 136 Å². The lowest BCUT2D eigenvalue weighted by Crippen LogP contribution is -2.47. The third-order valence-electron chi connectivity index (χ3n) is 11.4. The second-order valence-electron chi connectivity index (χ2n) is 15.3. The molecular weight excluding hydrogens is 673 g/mol. The fraction of sp³-hybridized carbons (Fsp3) is 0.545. The van der Waals surface area contributed by atoms with Crippen molar-refractivity contribution in [2.75, 3.05) is 39.3 Å². The van der Waals surface area contributed by atoms with Crippen LogP contribution in [0.2, 0.25) is 0 Å². The summed E-state index contributed by atoms with van der Waals surface area (Å²) in [6, 6.07) is 17.1. The smallest absolute Gasteiger partial charge is 0.239 e. The van der Waals surface area contributed by atoms with Crippen molar-refractivity contribution in [3.8, 4) is 33.6 Å². The van der Waals surface area contributed by atoms with Gasteiger partial charge in [-0.15, -0.1) is 0 Å². The number of aromatic nitrogens is 4. The van der Waals surface area contributed by atoms with Crippen molar-refractivity contribution in [1.82, 2.24) is 39.5 Å². The number of aromatic amines is 2. The van der Waals surface area contributed by atoms with Crippen LogP contribution in [0.3, 0.4) is 0 Å². The molecule has 4 heterocycles. The largest absolute Gasteiger partial charge is 0.341 e. The Bertz CT molecular complexity index is 1650. The molecule has 290 valence electrons. The molecular formula is C44H62N8O2. The number of nitrogens with zero attached hydrogens (tertiary/aromatic N) is 6. The summed E-state index contributed by atoms with van der Waals surface area (Å²) in [5.41, 5.74) is 6.45. The SMILES string of the molecule is CCCN(CCC)C(=O)[C@@H](C)N1CCCC1c1ncc(-c2ccc(-c3ccc(-c4cnc(C5CCCN5[C@H](C)C(=O)N(CCC)CCC)[nH]4)cc3)cc2)[nH]1. The molecule has 2 aliphatic heterocycles. The monoisotopic (exact) mass is 734 g/mol. The first kappa shape index (κ1) is 39.4. The number of imidazole rings is 2. The van der Waals surface area contributed by atoms with Gasteiger partial charge in [-0.05, 0) is 101 Å². The lowest BCUT2D eigenvalue weighted by Gasteiger charge is -2.33.